The van der Waals surface area contributed by atoms with Crippen LogP contribution in [0.25, 0.3) is 0 Å². The zero-order chi connectivity index (χ0) is 21.8. The van der Waals surface area contributed by atoms with Crippen LogP contribution in [0, 0.1) is 5.82 Å². The minimum atomic E-state index is -0.914. The Hall–Kier alpha value is -2.47. The summed E-state index contributed by atoms with van der Waals surface area (Å²) in [6.07, 6.45) is -1.99. The SMILES string of the molecule is CC(N)C(O)NC[C@H]1CN(c2ccc(N3CCN(C(=O)CO)CC3)c(F)c2)C(=O)O1. The Labute approximate surface area is 174 Å². The Bertz CT molecular complexity index is 772. The van der Waals surface area contributed by atoms with Crippen molar-refractivity contribution >= 4 is 23.4 Å². The lowest BCUT2D eigenvalue weighted by molar-refractivity contribution is -0.134. The quantitative estimate of drug-likeness (QED) is 0.411. The number of hydrogen-bond donors (Lipinski definition) is 4. The van der Waals surface area contributed by atoms with E-state index in [1.807, 2.05) is 4.90 Å². The predicted molar refractivity (Wildman–Crippen MR) is 108 cm³/mol. The number of hydrogen-bond acceptors (Lipinski definition) is 8. The lowest BCUT2D eigenvalue weighted by Crippen LogP contribution is -2.49. The molecule has 30 heavy (non-hydrogen) atoms. The van der Waals surface area contributed by atoms with E-state index >= 15 is 0 Å². The molecule has 2 fully saturated rings. The van der Waals surface area contributed by atoms with E-state index in [9.17, 15) is 19.1 Å². The largest absolute Gasteiger partial charge is 0.443 e. The molecule has 11 heteroatoms. The van der Waals surface area contributed by atoms with Crippen LogP contribution in [0.5, 0.6) is 0 Å². The maximum Gasteiger partial charge on any atom is 0.414 e. The van der Waals surface area contributed by atoms with Crippen molar-refractivity contribution in [1.82, 2.24) is 10.2 Å². The number of amides is 2. The zero-order valence-electron chi connectivity index (χ0n) is 16.8. The summed E-state index contributed by atoms with van der Waals surface area (Å²) >= 11 is 0. The standard InChI is InChI=1S/C19H28FN5O5/c1-12(21)18(28)22-9-14-10-25(19(29)30-14)13-2-3-16(15(20)8-13)23-4-6-24(7-5-23)17(27)11-26/h2-3,8,12,14,18,22,26,28H,4-7,9-11,21H2,1H3/t12?,14-,18?/m0/s1. The molecular weight excluding hydrogens is 397 g/mol. The second-order valence-electron chi connectivity index (χ2n) is 7.49. The van der Waals surface area contributed by atoms with E-state index in [1.165, 1.54) is 11.0 Å². The molecule has 0 aromatic heterocycles. The number of nitrogens with two attached hydrogens (primary N) is 1. The molecule has 0 saturated carbocycles. The third-order valence-electron chi connectivity index (χ3n) is 5.28. The lowest BCUT2D eigenvalue weighted by atomic mass is 10.2. The maximum absolute atomic E-state index is 14.8. The third kappa shape index (κ3) is 4.98. The molecule has 2 heterocycles. The second kappa shape index (κ2) is 9.56. The molecule has 2 unspecified atom stereocenters. The molecule has 10 nitrogen and oxygen atoms in total. The molecule has 2 amide bonds. The molecule has 2 aliphatic rings. The van der Waals surface area contributed by atoms with Gasteiger partial charge in [0.1, 0.15) is 24.8 Å². The van der Waals surface area contributed by atoms with Gasteiger partial charge in [-0.15, -0.1) is 0 Å². The van der Waals surface area contributed by atoms with Gasteiger partial charge in [-0.2, -0.15) is 0 Å². The number of ether oxygens (including phenoxy) is 1. The third-order valence-corrected chi connectivity index (χ3v) is 5.28. The number of aliphatic hydroxyl groups is 2. The summed E-state index contributed by atoms with van der Waals surface area (Å²) < 4.78 is 20.0. The van der Waals surface area contributed by atoms with Crippen LogP contribution < -0.4 is 20.9 Å². The molecule has 166 valence electrons. The van der Waals surface area contributed by atoms with Gasteiger partial charge in [-0.25, -0.2) is 9.18 Å². The molecule has 2 aliphatic heterocycles. The van der Waals surface area contributed by atoms with Crippen molar-refractivity contribution in [2.45, 2.75) is 25.3 Å². The summed E-state index contributed by atoms with van der Waals surface area (Å²) in [5.74, 6) is -0.813. The zero-order valence-corrected chi connectivity index (χ0v) is 16.8. The van der Waals surface area contributed by atoms with Gasteiger partial charge in [0, 0.05) is 38.8 Å². The first kappa shape index (κ1) is 22.2. The smallest absolute Gasteiger partial charge is 0.414 e. The summed E-state index contributed by atoms with van der Waals surface area (Å²) in [5, 5.41) is 21.5. The topological polar surface area (TPSA) is 132 Å². The van der Waals surface area contributed by atoms with Gasteiger partial charge < -0.3 is 30.5 Å². The van der Waals surface area contributed by atoms with Crippen LogP contribution in [0.15, 0.2) is 18.2 Å². The molecule has 0 spiro atoms. The number of cyclic esters (lactones) is 1. The number of aliphatic hydroxyl groups excluding tert-OH is 2. The van der Waals surface area contributed by atoms with E-state index in [4.69, 9.17) is 15.6 Å². The molecule has 0 radical (unpaired) electrons. The maximum atomic E-state index is 14.8. The highest BCUT2D eigenvalue weighted by Crippen LogP contribution is 2.28. The van der Waals surface area contributed by atoms with Crippen molar-refractivity contribution < 1.29 is 28.9 Å². The van der Waals surface area contributed by atoms with E-state index in [2.05, 4.69) is 5.32 Å². The van der Waals surface area contributed by atoms with Gasteiger partial charge in [0.15, 0.2) is 0 Å². The van der Waals surface area contributed by atoms with Crippen LogP contribution in [0.1, 0.15) is 6.92 Å². The minimum absolute atomic E-state index is 0.220. The van der Waals surface area contributed by atoms with E-state index in [1.54, 1.807) is 24.0 Å². The van der Waals surface area contributed by atoms with E-state index in [-0.39, 0.29) is 19.0 Å². The predicted octanol–water partition coefficient (Wildman–Crippen LogP) is -0.953. The Morgan fingerprint density at radius 1 is 1.37 bits per heavy atom. The molecule has 1 aromatic rings. The highest BCUT2D eigenvalue weighted by molar-refractivity contribution is 5.90. The van der Waals surface area contributed by atoms with E-state index < -0.39 is 36.9 Å². The summed E-state index contributed by atoms with van der Waals surface area (Å²) in [6.45, 7) is 3.27. The van der Waals surface area contributed by atoms with Gasteiger partial charge in [-0.05, 0) is 25.1 Å². The van der Waals surface area contributed by atoms with Crippen molar-refractivity contribution in [3.05, 3.63) is 24.0 Å². The number of anilines is 2. The van der Waals surface area contributed by atoms with Crippen molar-refractivity contribution in [1.29, 1.82) is 0 Å². The van der Waals surface area contributed by atoms with Gasteiger partial charge in [-0.3, -0.25) is 15.0 Å². The van der Waals surface area contributed by atoms with Gasteiger partial charge in [0.2, 0.25) is 5.91 Å². The fraction of sp³-hybridized carbons (Fsp3) is 0.579. The normalized spacial score (nSPS) is 21.6. The average Bonchev–Trinajstić information content (AvgIpc) is 3.12. The first-order chi connectivity index (χ1) is 14.3. The van der Waals surface area contributed by atoms with Crippen molar-refractivity contribution in [3.63, 3.8) is 0 Å². The highest BCUT2D eigenvalue weighted by atomic mass is 19.1. The number of benzene rings is 1. The molecule has 3 rings (SSSR count). The Morgan fingerprint density at radius 3 is 2.67 bits per heavy atom. The molecule has 0 aliphatic carbocycles. The fourth-order valence-electron chi connectivity index (χ4n) is 3.49. The first-order valence-electron chi connectivity index (χ1n) is 9.88. The van der Waals surface area contributed by atoms with Crippen molar-refractivity contribution in [2.24, 2.45) is 5.73 Å². The van der Waals surface area contributed by atoms with Crippen LogP contribution in [-0.2, 0) is 9.53 Å². The molecule has 2 saturated heterocycles. The van der Waals surface area contributed by atoms with Crippen LogP contribution >= 0.6 is 0 Å². The van der Waals surface area contributed by atoms with Gasteiger partial charge >= 0.3 is 6.09 Å². The average molecular weight is 425 g/mol. The molecule has 5 N–H and O–H groups in total. The monoisotopic (exact) mass is 425 g/mol. The minimum Gasteiger partial charge on any atom is -0.443 e. The summed E-state index contributed by atoms with van der Waals surface area (Å²) in [7, 11) is 0. The second-order valence-corrected chi connectivity index (χ2v) is 7.49. The van der Waals surface area contributed by atoms with Crippen LogP contribution in [0.4, 0.5) is 20.6 Å². The van der Waals surface area contributed by atoms with Crippen LogP contribution in [-0.4, -0.2) is 91.4 Å². The van der Waals surface area contributed by atoms with Crippen molar-refractivity contribution in [2.75, 3.05) is 55.7 Å². The van der Waals surface area contributed by atoms with Gasteiger partial charge in [0.05, 0.1) is 17.9 Å². The Morgan fingerprint density at radius 2 is 2.07 bits per heavy atom. The highest BCUT2D eigenvalue weighted by Gasteiger charge is 2.33. The molecule has 0 bridgehead atoms. The van der Waals surface area contributed by atoms with Crippen molar-refractivity contribution in [3.8, 4) is 0 Å². The number of nitrogens with zero attached hydrogens (tertiary/aromatic N) is 3. The van der Waals surface area contributed by atoms with E-state index in [0.717, 1.165) is 0 Å². The van der Waals surface area contributed by atoms with Gasteiger partial charge in [-0.1, -0.05) is 0 Å². The summed E-state index contributed by atoms with van der Waals surface area (Å²) in [5.41, 5.74) is 6.35. The number of halogens is 1. The van der Waals surface area contributed by atoms with Crippen LogP contribution in [0.3, 0.4) is 0 Å². The molecule has 3 atom stereocenters. The number of carbonyl (C=O) groups is 2. The lowest BCUT2D eigenvalue weighted by Gasteiger charge is -2.36. The molecule has 1 aromatic carbocycles. The fourth-order valence-corrected chi connectivity index (χ4v) is 3.49. The first-order valence-corrected chi connectivity index (χ1v) is 9.88. The molecular formula is C19H28FN5O5. The van der Waals surface area contributed by atoms with Crippen LogP contribution in [0.2, 0.25) is 0 Å². The Kier molecular flexibility index (Phi) is 7.08. The Balaban J connectivity index is 1.60. The number of rotatable bonds is 7. The number of carbonyl (C=O) groups excluding carboxylic acids is 2. The number of nitrogens with one attached hydrogen (secondary N) is 1. The van der Waals surface area contributed by atoms with E-state index in [0.29, 0.717) is 37.6 Å². The summed E-state index contributed by atoms with van der Waals surface area (Å²) in [4.78, 5) is 28.4. The number of piperazine rings is 1. The van der Waals surface area contributed by atoms with Gasteiger partial charge in [0.25, 0.3) is 0 Å². The summed E-state index contributed by atoms with van der Waals surface area (Å²) in [6, 6.07) is 4.07.